The second-order valence-electron chi connectivity index (χ2n) is 9.93. The van der Waals surface area contributed by atoms with Crippen LogP contribution in [0.3, 0.4) is 0 Å². The first-order valence-corrected chi connectivity index (χ1v) is 16.0. The quantitative estimate of drug-likeness (QED) is 0.294. The number of aromatic nitrogens is 4. The van der Waals surface area contributed by atoms with E-state index in [-0.39, 0.29) is 0 Å². The van der Waals surface area contributed by atoms with E-state index >= 15 is 0 Å². The number of hydrogen-bond donors (Lipinski definition) is 0. The minimum atomic E-state index is 0.934. The van der Waals surface area contributed by atoms with Crippen molar-refractivity contribution in [2.24, 2.45) is 0 Å². The Bertz CT molecular complexity index is 1620. The van der Waals surface area contributed by atoms with E-state index in [9.17, 15) is 0 Å². The van der Waals surface area contributed by atoms with Crippen molar-refractivity contribution in [1.82, 2.24) is 19.9 Å². The third-order valence-electron chi connectivity index (χ3n) is 8.06. The molecule has 0 saturated heterocycles. The Morgan fingerprint density at radius 1 is 0.553 bits per heavy atom. The Labute approximate surface area is 241 Å². The van der Waals surface area contributed by atoms with Crippen molar-refractivity contribution in [1.29, 1.82) is 0 Å². The van der Waals surface area contributed by atoms with Gasteiger partial charge in [0.25, 0.3) is 0 Å². The summed E-state index contributed by atoms with van der Waals surface area (Å²) >= 11 is 6.00. The second-order valence-corrected chi connectivity index (χ2v) is 9.93. The van der Waals surface area contributed by atoms with E-state index in [0.29, 0.717) is 0 Å². The number of rotatable bonds is 4. The van der Waals surface area contributed by atoms with Crippen molar-refractivity contribution >= 4 is 58.5 Å². The number of nitrogens with zero attached hydrogens (tertiary/aromatic N) is 4. The molecule has 0 saturated carbocycles. The predicted octanol–water partition coefficient (Wildman–Crippen LogP) is 8.84. The molecule has 4 nitrogen and oxygen atoms in total. The molecule has 0 atom stereocenters. The Kier molecular flexibility index (Phi) is 8.85. The third-order valence-corrected chi connectivity index (χ3v) is 8.06. The monoisotopic (exact) mass is 614 g/mol. The number of hydrogen-bond acceptors (Lipinski definition) is 2. The van der Waals surface area contributed by atoms with E-state index in [1.165, 1.54) is 44.5 Å². The summed E-state index contributed by atoms with van der Waals surface area (Å²) in [6.45, 7) is 17.6. The Hall–Kier alpha value is -2.41. The van der Waals surface area contributed by atoms with Crippen molar-refractivity contribution < 1.29 is 13.9 Å². The molecule has 2 aliphatic rings. The Balaban J connectivity index is 0.00000164. The fraction of sp³-hybridized carbons (Fsp3) is 0.375. The van der Waals surface area contributed by atoms with Gasteiger partial charge in [0.2, 0.25) is 0 Å². The molecule has 0 aromatic carbocycles. The summed E-state index contributed by atoms with van der Waals surface area (Å²) in [4.78, 5) is 20.4. The zero-order valence-corrected chi connectivity index (χ0v) is 26.3. The molecule has 5 heterocycles. The van der Waals surface area contributed by atoms with E-state index in [2.05, 4.69) is 108 Å². The summed E-state index contributed by atoms with van der Waals surface area (Å²) in [5.41, 5.74) is 18.2. The molecular formula is C32H36BrCoN4. The predicted molar refractivity (Wildman–Crippen MR) is 162 cm³/mol. The van der Waals surface area contributed by atoms with Crippen LogP contribution in [0.15, 0.2) is 24.3 Å². The molecule has 2 aliphatic heterocycles. The number of fused-ring (bicyclic) bond motifs is 8. The molecule has 0 N–H and O–H groups in total. The van der Waals surface area contributed by atoms with Crippen molar-refractivity contribution in [3.63, 3.8) is 0 Å². The Morgan fingerprint density at radius 2 is 0.947 bits per heavy atom. The van der Waals surface area contributed by atoms with Gasteiger partial charge in [-0.1, -0.05) is 68.1 Å². The normalized spacial score (nSPS) is 13.2. The fourth-order valence-corrected chi connectivity index (χ4v) is 5.85. The zero-order valence-electron chi connectivity index (χ0n) is 23.6. The van der Waals surface area contributed by atoms with E-state index in [0.717, 1.165) is 70.5 Å². The maximum atomic E-state index is 5.11. The molecule has 200 valence electrons. The van der Waals surface area contributed by atoms with Gasteiger partial charge in [0.15, 0.2) is 0 Å². The molecule has 3 aromatic rings. The molecule has 0 spiro atoms. The van der Waals surface area contributed by atoms with Crippen LogP contribution in [0, 0.1) is 13.8 Å². The van der Waals surface area contributed by atoms with Gasteiger partial charge in [-0.2, -0.15) is 0 Å². The summed E-state index contributed by atoms with van der Waals surface area (Å²) in [6.07, 6.45) is 3.74. The van der Waals surface area contributed by atoms with Gasteiger partial charge in [0.1, 0.15) is 0 Å². The zero-order chi connectivity index (χ0) is 27.7. The Morgan fingerprint density at radius 3 is 1.42 bits per heavy atom. The molecule has 0 unspecified atom stereocenters. The van der Waals surface area contributed by atoms with Crippen LogP contribution >= 0.6 is 14.2 Å². The van der Waals surface area contributed by atoms with Crippen LogP contribution in [-0.4, -0.2) is 9.97 Å². The van der Waals surface area contributed by atoms with Gasteiger partial charge in [-0.25, -0.2) is 9.97 Å². The standard InChI is InChI=1S/C32H36N4.BrH.Co/c1-9-21-17(5)25-14-30-23(11-3)19(7)27(35-30)16-32-24(12-4)20(8)28(36-32)15-31-22(10-2)18(6)26(34-31)13-29(21)33-25;;/h13-16H,9-12H2,1-8H3;1H;/q-2;;+3/p-1. The van der Waals surface area contributed by atoms with Crippen LogP contribution in [0.4, 0.5) is 0 Å². The molecule has 0 radical (unpaired) electrons. The molecular weight excluding hydrogens is 579 g/mol. The topological polar surface area (TPSA) is 54.0 Å². The number of aryl methyl sites for hydroxylation is 4. The van der Waals surface area contributed by atoms with Crippen molar-refractivity contribution in [2.45, 2.75) is 81.1 Å². The first-order chi connectivity index (χ1) is 18.3. The van der Waals surface area contributed by atoms with Crippen LogP contribution in [0.5, 0.6) is 0 Å². The van der Waals surface area contributed by atoms with Crippen LogP contribution in [-0.2, 0) is 26.8 Å². The second kappa shape index (κ2) is 11.8. The van der Waals surface area contributed by atoms with Crippen LogP contribution in [0.1, 0.15) is 99.4 Å². The van der Waals surface area contributed by atoms with Crippen molar-refractivity contribution in [3.05, 3.63) is 69.3 Å². The summed E-state index contributed by atoms with van der Waals surface area (Å²) in [6, 6.07) is 8.72. The van der Waals surface area contributed by atoms with Gasteiger partial charge >= 0.3 is 28.1 Å². The molecule has 8 bridgehead atoms. The van der Waals surface area contributed by atoms with E-state index < -0.39 is 0 Å². The van der Waals surface area contributed by atoms with Gasteiger partial charge < -0.3 is 9.97 Å². The van der Waals surface area contributed by atoms with Gasteiger partial charge in [0, 0.05) is 0 Å². The maximum absolute atomic E-state index is 5.11. The summed E-state index contributed by atoms with van der Waals surface area (Å²) in [5.74, 6) is 0. The van der Waals surface area contributed by atoms with Gasteiger partial charge in [0.05, 0.1) is 22.8 Å². The molecule has 38 heavy (non-hydrogen) atoms. The van der Waals surface area contributed by atoms with Crippen molar-refractivity contribution in [2.75, 3.05) is 0 Å². The first-order valence-electron chi connectivity index (χ1n) is 13.5. The average molecular weight is 616 g/mol. The first kappa shape index (κ1) is 28.6. The van der Waals surface area contributed by atoms with Gasteiger partial charge in [-0.05, 0) is 81.7 Å². The SMILES string of the molecule is CCC1=C(C)c2cc3[n-]c(cc4[n-]c(cc5nc(cc1n2)C(C)=C5CC)c(C)c4CC)c(C)c3CC.[Co+2][Br]. The molecule has 0 fully saturated rings. The molecule has 0 amide bonds. The molecule has 5 rings (SSSR count). The average Bonchev–Trinajstić information content (AvgIpc) is 3.57. The molecule has 6 heteroatoms. The number of halogens is 1. The van der Waals surface area contributed by atoms with Crippen LogP contribution in [0.25, 0.3) is 44.4 Å². The summed E-state index contributed by atoms with van der Waals surface area (Å²) in [7, 11) is 0. The van der Waals surface area contributed by atoms with E-state index in [4.69, 9.17) is 19.9 Å². The van der Waals surface area contributed by atoms with Gasteiger partial charge in [-0.3, -0.25) is 0 Å². The number of allylic oxidation sites excluding steroid dienone is 4. The summed E-state index contributed by atoms with van der Waals surface area (Å²) in [5, 5.41) is 0. The molecule has 3 aromatic heterocycles. The fourth-order valence-electron chi connectivity index (χ4n) is 5.85. The van der Waals surface area contributed by atoms with Gasteiger partial charge in [-0.15, -0.1) is 22.1 Å². The molecule has 0 aliphatic carbocycles. The van der Waals surface area contributed by atoms with E-state index in [1.54, 1.807) is 0 Å². The van der Waals surface area contributed by atoms with E-state index in [1.807, 2.05) is 0 Å². The minimum absolute atomic E-state index is 0.934. The van der Waals surface area contributed by atoms with Crippen LogP contribution in [0.2, 0.25) is 0 Å². The van der Waals surface area contributed by atoms with Crippen molar-refractivity contribution in [3.8, 4) is 0 Å². The summed E-state index contributed by atoms with van der Waals surface area (Å²) < 4.78 is 0. The van der Waals surface area contributed by atoms with Crippen LogP contribution < -0.4 is 9.97 Å². The third kappa shape index (κ3) is 4.87.